The van der Waals surface area contributed by atoms with Crippen LogP contribution in [-0.2, 0) is 6.54 Å². The van der Waals surface area contributed by atoms with Gasteiger partial charge in [0.05, 0.1) is 0 Å². The van der Waals surface area contributed by atoms with Gasteiger partial charge in [0.2, 0.25) is 4.96 Å². The van der Waals surface area contributed by atoms with Crippen LogP contribution in [0, 0.1) is 0 Å². The summed E-state index contributed by atoms with van der Waals surface area (Å²) in [6, 6.07) is 0. The van der Waals surface area contributed by atoms with Crippen molar-refractivity contribution in [2.75, 3.05) is 6.54 Å². The molecule has 0 saturated heterocycles. The van der Waals surface area contributed by atoms with Gasteiger partial charge in [0.15, 0.2) is 5.82 Å². The molecule has 86 valence electrons. The molecule has 0 radical (unpaired) electrons. The first kappa shape index (κ1) is 10.2. The van der Waals surface area contributed by atoms with Crippen LogP contribution >= 0.6 is 11.3 Å². The fourth-order valence-electron chi connectivity index (χ4n) is 1.90. The van der Waals surface area contributed by atoms with E-state index in [1.165, 1.54) is 19.3 Å². The van der Waals surface area contributed by atoms with Crippen LogP contribution in [0.4, 0.5) is 0 Å². The van der Waals surface area contributed by atoms with Gasteiger partial charge in [0.25, 0.3) is 0 Å². The summed E-state index contributed by atoms with van der Waals surface area (Å²) < 4.78 is 1.93. The first-order valence-electron chi connectivity index (χ1n) is 5.80. The highest BCUT2D eigenvalue weighted by molar-refractivity contribution is 7.16. The van der Waals surface area contributed by atoms with Crippen LogP contribution in [0.2, 0.25) is 0 Å². The van der Waals surface area contributed by atoms with E-state index in [-0.39, 0.29) is 0 Å². The van der Waals surface area contributed by atoms with Crippen molar-refractivity contribution in [1.29, 1.82) is 0 Å². The van der Waals surface area contributed by atoms with Gasteiger partial charge in [-0.15, -0.1) is 10.2 Å². The van der Waals surface area contributed by atoms with Crippen molar-refractivity contribution in [2.45, 2.75) is 38.6 Å². The molecule has 1 aliphatic rings. The smallest absolute Gasteiger partial charge is 0.234 e. The lowest BCUT2D eigenvalue weighted by Crippen LogP contribution is -2.14. The molecule has 2 aromatic rings. The molecule has 1 aliphatic carbocycles. The monoisotopic (exact) mass is 237 g/mol. The second-order valence-electron chi connectivity index (χ2n) is 4.16. The average molecular weight is 237 g/mol. The Morgan fingerprint density at radius 1 is 1.44 bits per heavy atom. The minimum Gasteiger partial charge on any atom is -0.311 e. The maximum atomic E-state index is 4.56. The summed E-state index contributed by atoms with van der Waals surface area (Å²) in [7, 11) is 0. The first-order valence-corrected chi connectivity index (χ1v) is 6.62. The third-order valence-electron chi connectivity index (χ3n) is 3.05. The highest BCUT2D eigenvalue weighted by Gasteiger charge is 2.26. The van der Waals surface area contributed by atoms with Crippen LogP contribution in [0.25, 0.3) is 4.96 Å². The van der Waals surface area contributed by atoms with Crippen LogP contribution < -0.4 is 5.32 Å². The predicted molar refractivity (Wildman–Crippen MR) is 62.6 cm³/mol. The van der Waals surface area contributed by atoms with Crippen molar-refractivity contribution in [2.24, 2.45) is 0 Å². The fourth-order valence-corrected chi connectivity index (χ4v) is 2.71. The Morgan fingerprint density at radius 3 is 3.00 bits per heavy atom. The SMILES string of the molecule is CCNCc1nn2c(C3CCC3)nnc2s1. The zero-order chi connectivity index (χ0) is 11.0. The normalized spacial score (nSPS) is 16.8. The van der Waals surface area contributed by atoms with Crippen molar-refractivity contribution in [3.05, 3.63) is 10.8 Å². The minimum absolute atomic E-state index is 0.587. The van der Waals surface area contributed by atoms with Gasteiger partial charge in [0.1, 0.15) is 5.01 Å². The molecule has 0 aromatic carbocycles. The van der Waals surface area contributed by atoms with Crippen molar-refractivity contribution < 1.29 is 0 Å². The number of nitrogens with one attached hydrogen (secondary N) is 1. The standard InChI is InChI=1S/C10H15N5S/c1-2-11-6-8-14-15-9(7-4-3-5-7)12-13-10(15)16-8/h7,11H,2-6H2,1H3. The third kappa shape index (κ3) is 1.62. The molecule has 0 bridgehead atoms. The van der Waals surface area contributed by atoms with Crippen molar-refractivity contribution >= 4 is 16.3 Å². The zero-order valence-corrected chi connectivity index (χ0v) is 10.1. The molecule has 0 spiro atoms. The van der Waals surface area contributed by atoms with E-state index >= 15 is 0 Å². The first-order chi connectivity index (χ1) is 7.88. The lowest BCUT2D eigenvalue weighted by molar-refractivity contribution is 0.395. The van der Waals surface area contributed by atoms with Crippen molar-refractivity contribution in [3.63, 3.8) is 0 Å². The van der Waals surface area contributed by atoms with E-state index in [1.54, 1.807) is 11.3 Å². The zero-order valence-electron chi connectivity index (χ0n) is 9.31. The van der Waals surface area contributed by atoms with Gasteiger partial charge < -0.3 is 5.32 Å². The Kier molecular flexibility index (Phi) is 2.61. The molecule has 1 saturated carbocycles. The van der Waals surface area contributed by atoms with E-state index in [0.717, 1.165) is 28.9 Å². The molecule has 16 heavy (non-hydrogen) atoms. The summed E-state index contributed by atoms with van der Waals surface area (Å²) in [5, 5.41) is 17.4. The molecule has 0 aliphatic heterocycles. The van der Waals surface area contributed by atoms with E-state index < -0.39 is 0 Å². The number of rotatable bonds is 4. The summed E-state index contributed by atoms with van der Waals surface area (Å²) in [6.07, 6.45) is 3.79. The molecule has 0 amide bonds. The summed E-state index contributed by atoms with van der Waals surface area (Å²) in [6.45, 7) is 3.89. The number of nitrogens with zero attached hydrogens (tertiary/aromatic N) is 4. The quantitative estimate of drug-likeness (QED) is 0.877. The van der Waals surface area contributed by atoms with Crippen LogP contribution in [0.1, 0.15) is 42.9 Å². The lowest BCUT2D eigenvalue weighted by Gasteiger charge is -2.22. The van der Waals surface area contributed by atoms with E-state index in [2.05, 4.69) is 27.5 Å². The van der Waals surface area contributed by atoms with Gasteiger partial charge in [-0.05, 0) is 19.4 Å². The molecule has 1 N–H and O–H groups in total. The van der Waals surface area contributed by atoms with Crippen molar-refractivity contribution in [1.82, 2.24) is 25.1 Å². The maximum Gasteiger partial charge on any atom is 0.234 e. The molecule has 2 aromatic heterocycles. The predicted octanol–water partition coefficient (Wildman–Crippen LogP) is 1.56. The molecular formula is C10H15N5S. The topological polar surface area (TPSA) is 55.1 Å². The van der Waals surface area contributed by atoms with E-state index in [4.69, 9.17) is 0 Å². The molecule has 2 heterocycles. The Balaban J connectivity index is 1.89. The highest BCUT2D eigenvalue weighted by Crippen LogP contribution is 2.35. The fraction of sp³-hybridized carbons (Fsp3) is 0.700. The number of hydrogen-bond acceptors (Lipinski definition) is 5. The minimum atomic E-state index is 0.587. The number of aromatic nitrogens is 4. The summed E-state index contributed by atoms with van der Waals surface area (Å²) in [5.41, 5.74) is 0. The largest absolute Gasteiger partial charge is 0.311 e. The lowest BCUT2D eigenvalue weighted by atomic mass is 9.85. The van der Waals surface area contributed by atoms with Gasteiger partial charge in [0, 0.05) is 12.5 Å². The molecule has 0 atom stereocenters. The summed E-state index contributed by atoms with van der Waals surface area (Å²) >= 11 is 1.63. The highest BCUT2D eigenvalue weighted by atomic mass is 32.1. The van der Waals surface area contributed by atoms with E-state index in [1.807, 2.05) is 4.52 Å². The number of fused-ring (bicyclic) bond motifs is 1. The maximum absolute atomic E-state index is 4.56. The van der Waals surface area contributed by atoms with E-state index in [0.29, 0.717) is 5.92 Å². The molecular weight excluding hydrogens is 222 g/mol. The second kappa shape index (κ2) is 4.10. The molecule has 1 fully saturated rings. The molecule has 5 nitrogen and oxygen atoms in total. The summed E-state index contributed by atoms with van der Waals surface area (Å²) in [4.78, 5) is 0.926. The van der Waals surface area contributed by atoms with Crippen LogP contribution in [0.5, 0.6) is 0 Å². The van der Waals surface area contributed by atoms with Gasteiger partial charge in [-0.25, -0.2) is 0 Å². The van der Waals surface area contributed by atoms with Crippen LogP contribution in [0.3, 0.4) is 0 Å². The molecule has 3 rings (SSSR count). The van der Waals surface area contributed by atoms with Gasteiger partial charge in [-0.2, -0.15) is 9.61 Å². The van der Waals surface area contributed by atoms with Gasteiger partial charge in [-0.3, -0.25) is 0 Å². The van der Waals surface area contributed by atoms with Gasteiger partial charge >= 0.3 is 0 Å². The second-order valence-corrected chi connectivity index (χ2v) is 5.20. The average Bonchev–Trinajstić information content (AvgIpc) is 2.74. The Bertz CT molecular complexity index is 484. The van der Waals surface area contributed by atoms with Gasteiger partial charge in [-0.1, -0.05) is 24.7 Å². The third-order valence-corrected chi connectivity index (χ3v) is 3.95. The van der Waals surface area contributed by atoms with E-state index in [9.17, 15) is 0 Å². The van der Waals surface area contributed by atoms with Crippen molar-refractivity contribution in [3.8, 4) is 0 Å². The molecule has 0 unspecified atom stereocenters. The Labute approximate surface area is 97.9 Å². The Hall–Kier alpha value is -1.01. The van der Waals surface area contributed by atoms with Crippen LogP contribution in [-0.4, -0.2) is 26.4 Å². The molecule has 6 heteroatoms. The summed E-state index contributed by atoms with van der Waals surface area (Å²) in [5.74, 6) is 1.64. The Morgan fingerprint density at radius 2 is 2.31 bits per heavy atom. The van der Waals surface area contributed by atoms with Crippen LogP contribution in [0.15, 0.2) is 0 Å². The number of hydrogen-bond donors (Lipinski definition) is 1.